The monoisotopic (exact) mass is 236 g/mol. The summed E-state index contributed by atoms with van der Waals surface area (Å²) in [6, 6.07) is 1.61. The van der Waals surface area contributed by atoms with Gasteiger partial charge in [0.1, 0.15) is 0 Å². The van der Waals surface area contributed by atoms with E-state index in [0.717, 1.165) is 23.9 Å². The van der Waals surface area contributed by atoms with Gasteiger partial charge in [0, 0.05) is 25.2 Å². The molecule has 17 heavy (non-hydrogen) atoms. The number of nitrogens with one attached hydrogen (secondary N) is 1. The van der Waals surface area contributed by atoms with Crippen molar-refractivity contribution < 1.29 is 0 Å². The second-order valence-corrected chi connectivity index (χ2v) is 6.72. The molecule has 2 unspecified atom stereocenters. The lowest BCUT2D eigenvalue weighted by atomic mass is 10.1. The Morgan fingerprint density at radius 2 is 1.82 bits per heavy atom. The molecule has 0 aromatic carbocycles. The Labute approximate surface area is 106 Å². The molecule has 3 rings (SSSR count). The van der Waals surface area contributed by atoms with E-state index in [2.05, 4.69) is 17.1 Å². The lowest BCUT2D eigenvalue weighted by Crippen LogP contribution is -2.43. The minimum absolute atomic E-state index is 0.787. The Bertz CT molecular complexity index is 239. The summed E-state index contributed by atoms with van der Waals surface area (Å²) in [5.41, 5.74) is 0. The molecule has 98 valence electrons. The van der Waals surface area contributed by atoms with Crippen molar-refractivity contribution in [2.75, 3.05) is 19.6 Å². The summed E-state index contributed by atoms with van der Waals surface area (Å²) in [5.74, 6) is 2.11. The molecule has 0 amide bonds. The number of nitrogens with zero attached hydrogens (tertiary/aromatic N) is 1. The van der Waals surface area contributed by atoms with Gasteiger partial charge in [0.25, 0.3) is 0 Å². The number of hydrogen-bond acceptors (Lipinski definition) is 2. The van der Waals surface area contributed by atoms with Crippen LogP contribution in [0.1, 0.15) is 51.9 Å². The first kappa shape index (κ1) is 12.0. The van der Waals surface area contributed by atoms with Gasteiger partial charge in [-0.05, 0) is 57.4 Å². The molecule has 0 aromatic heterocycles. The molecule has 2 aliphatic carbocycles. The molecule has 3 fully saturated rings. The van der Waals surface area contributed by atoms with Crippen molar-refractivity contribution in [3.63, 3.8) is 0 Å². The Morgan fingerprint density at radius 1 is 1.06 bits per heavy atom. The fraction of sp³-hybridized carbons (Fsp3) is 1.00. The van der Waals surface area contributed by atoms with E-state index in [1.54, 1.807) is 0 Å². The van der Waals surface area contributed by atoms with Crippen molar-refractivity contribution in [3.8, 4) is 0 Å². The maximum Gasteiger partial charge on any atom is 0.0195 e. The average Bonchev–Trinajstić information content (AvgIpc) is 3.22. The topological polar surface area (TPSA) is 15.3 Å². The molecule has 0 spiro atoms. The zero-order chi connectivity index (χ0) is 11.7. The van der Waals surface area contributed by atoms with Crippen LogP contribution in [0.5, 0.6) is 0 Å². The summed E-state index contributed by atoms with van der Waals surface area (Å²) >= 11 is 0. The SMILES string of the molecule is CC(CC1CC1)N(CC1CC1)CC1CCCN1. The van der Waals surface area contributed by atoms with Crippen molar-refractivity contribution in [1.29, 1.82) is 0 Å². The average molecular weight is 236 g/mol. The quantitative estimate of drug-likeness (QED) is 0.731. The minimum Gasteiger partial charge on any atom is -0.313 e. The van der Waals surface area contributed by atoms with Gasteiger partial charge in [-0.1, -0.05) is 12.8 Å². The Morgan fingerprint density at radius 3 is 2.41 bits per heavy atom. The van der Waals surface area contributed by atoms with E-state index in [1.165, 1.54) is 64.6 Å². The molecule has 1 N–H and O–H groups in total. The van der Waals surface area contributed by atoms with Crippen molar-refractivity contribution in [2.24, 2.45) is 11.8 Å². The van der Waals surface area contributed by atoms with Gasteiger partial charge >= 0.3 is 0 Å². The zero-order valence-electron chi connectivity index (χ0n) is 11.3. The first-order valence-electron chi connectivity index (χ1n) is 7.78. The summed E-state index contributed by atoms with van der Waals surface area (Å²) < 4.78 is 0. The van der Waals surface area contributed by atoms with E-state index in [0.29, 0.717) is 0 Å². The molecule has 0 radical (unpaired) electrons. The van der Waals surface area contributed by atoms with Gasteiger partial charge in [-0.25, -0.2) is 0 Å². The predicted molar refractivity (Wildman–Crippen MR) is 72.1 cm³/mol. The molecule has 2 heteroatoms. The minimum atomic E-state index is 0.787. The van der Waals surface area contributed by atoms with Crippen LogP contribution in [-0.4, -0.2) is 36.6 Å². The molecule has 1 aliphatic heterocycles. The highest BCUT2D eigenvalue weighted by Crippen LogP contribution is 2.36. The molecular weight excluding hydrogens is 208 g/mol. The third-order valence-corrected chi connectivity index (χ3v) is 4.80. The van der Waals surface area contributed by atoms with Crippen molar-refractivity contribution in [1.82, 2.24) is 10.2 Å². The lowest BCUT2D eigenvalue weighted by Gasteiger charge is -2.31. The fourth-order valence-corrected chi connectivity index (χ4v) is 3.25. The molecule has 1 saturated heterocycles. The third-order valence-electron chi connectivity index (χ3n) is 4.80. The van der Waals surface area contributed by atoms with Gasteiger partial charge < -0.3 is 5.32 Å². The Hall–Kier alpha value is -0.0800. The van der Waals surface area contributed by atoms with E-state index in [-0.39, 0.29) is 0 Å². The van der Waals surface area contributed by atoms with Gasteiger partial charge in [-0.2, -0.15) is 0 Å². The van der Waals surface area contributed by atoms with Gasteiger partial charge in [-0.3, -0.25) is 4.90 Å². The van der Waals surface area contributed by atoms with Crippen molar-refractivity contribution in [2.45, 2.75) is 64.0 Å². The third kappa shape index (κ3) is 3.69. The molecule has 2 nitrogen and oxygen atoms in total. The molecule has 2 atom stereocenters. The van der Waals surface area contributed by atoms with Crippen LogP contribution in [-0.2, 0) is 0 Å². The second kappa shape index (κ2) is 5.27. The summed E-state index contributed by atoms with van der Waals surface area (Å²) in [7, 11) is 0. The zero-order valence-corrected chi connectivity index (χ0v) is 11.3. The first-order valence-corrected chi connectivity index (χ1v) is 7.78. The largest absolute Gasteiger partial charge is 0.313 e. The number of rotatable bonds is 7. The summed E-state index contributed by atoms with van der Waals surface area (Å²) in [6.45, 7) is 6.41. The first-order chi connectivity index (χ1) is 8.31. The lowest BCUT2D eigenvalue weighted by molar-refractivity contribution is 0.170. The van der Waals surface area contributed by atoms with Gasteiger partial charge in [0.2, 0.25) is 0 Å². The van der Waals surface area contributed by atoms with Crippen LogP contribution in [0.15, 0.2) is 0 Å². The van der Waals surface area contributed by atoms with Crippen LogP contribution in [0.4, 0.5) is 0 Å². The van der Waals surface area contributed by atoms with Crippen molar-refractivity contribution in [3.05, 3.63) is 0 Å². The van der Waals surface area contributed by atoms with E-state index < -0.39 is 0 Å². The van der Waals surface area contributed by atoms with E-state index in [1.807, 2.05) is 0 Å². The van der Waals surface area contributed by atoms with Gasteiger partial charge in [0.05, 0.1) is 0 Å². The predicted octanol–water partition coefficient (Wildman–Crippen LogP) is 2.64. The molecule has 2 saturated carbocycles. The maximum atomic E-state index is 3.66. The smallest absolute Gasteiger partial charge is 0.0195 e. The van der Waals surface area contributed by atoms with Gasteiger partial charge in [0.15, 0.2) is 0 Å². The van der Waals surface area contributed by atoms with E-state index >= 15 is 0 Å². The molecule has 1 heterocycles. The summed E-state index contributed by atoms with van der Waals surface area (Å²) in [5, 5.41) is 3.66. The van der Waals surface area contributed by atoms with Crippen molar-refractivity contribution >= 4 is 0 Å². The Kier molecular flexibility index (Phi) is 3.72. The molecule has 0 bridgehead atoms. The molecule has 3 aliphatic rings. The molecular formula is C15H28N2. The normalized spacial score (nSPS) is 31.1. The standard InChI is InChI=1S/C15H28N2/c1-12(9-13-4-5-13)17(10-14-6-7-14)11-15-3-2-8-16-15/h12-16H,2-11H2,1H3. The Balaban J connectivity index is 1.49. The molecule has 0 aromatic rings. The van der Waals surface area contributed by atoms with Crippen LogP contribution < -0.4 is 5.32 Å². The highest BCUT2D eigenvalue weighted by molar-refractivity contribution is 4.87. The second-order valence-electron chi connectivity index (χ2n) is 6.72. The van der Waals surface area contributed by atoms with Crippen LogP contribution in [0, 0.1) is 11.8 Å². The summed E-state index contributed by atoms with van der Waals surface area (Å²) in [6.07, 6.45) is 10.2. The maximum absolute atomic E-state index is 3.66. The van der Waals surface area contributed by atoms with E-state index in [9.17, 15) is 0 Å². The summed E-state index contributed by atoms with van der Waals surface area (Å²) in [4.78, 5) is 2.80. The van der Waals surface area contributed by atoms with Crippen LogP contribution >= 0.6 is 0 Å². The highest BCUT2D eigenvalue weighted by Gasteiger charge is 2.31. The van der Waals surface area contributed by atoms with Crippen LogP contribution in [0.3, 0.4) is 0 Å². The van der Waals surface area contributed by atoms with Gasteiger partial charge in [-0.15, -0.1) is 0 Å². The van der Waals surface area contributed by atoms with E-state index in [4.69, 9.17) is 0 Å². The van der Waals surface area contributed by atoms with Crippen LogP contribution in [0.2, 0.25) is 0 Å². The number of hydrogen-bond donors (Lipinski definition) is 1. The highest BCUT2D eigenvalue weighted by atomic mass is 15.2. The van der Waals surface area contributed by atoms with Crippen LogP contribution in [0.25, 0.3) is 0 Å². The fourth-order valence-electron chi connectivity index (χ4n) is 3.25.